The second-order valence-electron chi connectivity index (χ2n) is 19.4. The molecule has 406 valence electrons. The van der Waals surface area contributed by atoms with Gasteiger partial charge in [0.1, 0.15) is 28.2 Å². The fraction of sp³-hybridized carbons (Fsp3) is 0.207. The zero-order valence-electron chi connectivity index (χ0n) is 42.3. The Labute approximate surface area is 461 Å². The summed E-state index contributed by atoms with van der Waals surface area (Å²) in [5.74, 6) is -8.24. The zero-order valence-corrected chi connectivity index (χ0v) is 44.6. The number of carbonyl (C=O) groups is 4. The second-order valence-corrected chi connectivity index (χ2v) is 22.6. The van der Waals surface area contributed by atoms with Gasteiger partial charge < -0.3 is 29.5 Å². The summed E-state index contributed by atoms with van der Waals surface area (Å²) in [5, 5.41) is 21.6. The van der Waals surface area contributed by atoms with Crippen molar-refractivity contribution >= 4 is 67.7 Å². The molecule has 6 aromatic carbocycles. The fourth-order valence-corrected chi connectivity index (χ4v) is 11.2. The molecule has 21 heteroatoms. The summed E-state index contributed by atoms with van der Waals surface area (Å²) >= 11 is 8.18. The van der Waals surface area contributed by atoms with Crippen LogP contribution in [0.2, 0.25) is 4.34 Å². The lowest BCUT2D eigenvalue weighted by molar-refractivity contribution is -0.160. The van der Waals surface area contributed by atoms with Crippen LogP contribution in [0.25, 0.3) is 0 Å². The van der Waals surface area contributed by atoms with E-state index in [1.807, 2.05) is 146 Å². The van der Waals surface area contributed by atoms with E-state index >= 15 is 4.79 Å². The van der Waals surface area contributed by atoms with Crippen molar-refractivity contribution in [2.75, 3.05) is 11.9 Å². The van der Waals surface area contributed by atoms with Crippen LogP contribution in [0.4, 0.5) is 18.3 Å². The quantitative estimate of drug-likeness (QED) is 0.0140. The number of hydrogen-bond donors (Lipinski definition) is 3. The van der Waals surface area contributed by atoms with Crippen molar-refractivity contribution in [1.82, 2.24) is 15.2 Å². The van der Waals surface area contributed by atoms with Crippen LogP contribution < -0.4 is 10.6 Å². The largest absolute Gasteiger partial charge is 0.534 e. The number of rotatable bonds is 18. The van der Waals surface area contributed by atoms with E-state index < -0.39 is 104 Å². The van der Waals surface area contributed by atoms with Gasteiger partial charge in [-0.1, -0.05) is 210 Å². The summed E-state index contributed by atoms with van der Waals surface area (Å²) in [4.78, 5) is 67.9. The van der Waals surface area contributed by atoms with Gasteiger partial charge in [-0.25, -0.2) is 9.78 Å². The number of halogens is 4. The van der Waals surface area contributed by atoms with Crippen LogP contribution >= 0.6 is 22.9 Å². The second kappa shape index (κ2) is 22.2. The van der Waals surface area contributed by atoms with Gasteiger partial charge in [-0.15, -0.1) is 0 Å². The van der Waals surface area contributed by atoms with Crippen molar-refractivity contribution in [1.29, 1.82) is 0 Å². The number of nitrogens with zero attached hydrogens (tertiary/aromatic N) is 3. The summed E-state index contributed by atoms with van der Waals surface area (Å²) in [7, 11) is -6.54. The number of benzene rings is 6. The first-order chi connectivity index (χ1) is 37.7. The predicted molar refractivity (Wildman–Crippen MR) is 289 cm³/mol. The average Bonchev–Trinajstić information content (AvgIpc) is 3.71. The van der Waals surface area contributed by atoms with Crippen molar-refractivity contribution < 1.29 is 59.6 Å². The van der Waals surface area contributed by atoms with Gasteiger partial charge in [0.2, 0.25) is 5.60 Å². The number of carboxylic acid groups (broad SMARTS) is 1. The number of carbonyl (C=O) groups excluding carboxylic acids is 3. The third kappa shape index (κ3) is 10.8. The molecule has 1 fully saturated rings. The Hall–Kier alpha value is -8.33. The molecule has 0 bridgehead atoms. The van der Waals surface area contributed by atoms with Crippen LogP contribution in [0.5, 0.6) is 0 Å². The van der Waals surface area contributed by atoms with E-state index in [0.717, 1.165) is 28.0 Å². The lowest BCUT2D eigenvalue weighted by atomic mass is 9.77. The molecule has 2 aliphatic heterocycles. The van der Waals surface area contributed by atoms with Gasteiger partial charge in [-0.3, -0.25) is 19.3 Å². The molecular weight excluding hydrogens is 1080 g/mol. The Bertz CT molecular complexity index is 3360. The Morgan fingerprint density at radius 2 is 1.16 bits per heavy atom. The third-order valence-corrected chi connectivity index (χ3v) is 15.5. The summed E-state index contributed by atoms with van der Waals surface area (Å²) in [6, 6.07) is 52.8. The maximum atomic E-state index is 15.4. The molecule has 1 saturated heterocycles. The Morgan fingerprint density at radius 1 is 0.734 bits per heavy atom. The van der Waals surface area contributed by atoms with Crippen LogP contribution in [-0.2, 0) is 54.2 Å². The average molecular weight is 1130 g/mol. The van der Waals surface area contributed by atoms with E-state index in [9.17, 15) is 41.1 Å². The standard InChI is InChI=1S/C58H49ClF3N5O10S2/c1-55(2,3)53(72)75-35-36-34-43-44(51(69)67(43)47(52(70)71)48(36)76-79(73,74)58(60,61)62)63-50(68)46(66-77-57(40-28-16-7-17-29-40,41-30-18-8-19-31-41)42-32-20-9-21-33-42)45-49(59)78-54(64-45)65-56(37-22-10-4-11-23-37,38-24-12-5-13-25-38)39-26-14-6-15-27-39/h4-33,36,43-44H,34-35H2,1-3H3,(H,63,68)(H,64,65)(H,70,71). The van der Waals surface area contributed by atoms with Crippen molar-refractivity contribution in [3.8, 4) is 0 Å². The van der Waals surface area contributed by atoms with Crippen molar-refractivity contribution in [2.45, 2.75) is 55.9 Å². The normalized spacial score (nSPS) is 17.0. The fourth-order valence-electron chi connectivity index (χ4n) is 9.58. The van der Waals surface area contributed by atoms with Gasteiger partial charge >= 0.3 is 27.6 Å². The Kier molecular flexibility index (Phi) is 15.6. The molecule has 2 amide bonds. The number of amides is 2. The van der Waals surface area contributed by atoms with Gasteiger partial charge in [0.15, 0.2) is 22.3 Å². The number of ether oxygens (including phenoxy) is 1. The molecule has 79 heavy (non-hydrogen) atoms. The smallest absolute Gasteiger partial charge is 0.476 e. The first kappa shape index (κ1) is 55.4. The van der Waals surface area contributed by atoms with Crippen LogP contribution in [0.3, 0.4) is 0 Å². The first-order valence-electron chi connectivity index (χ1n) is 24.5. The van der Waals surface area contributed by atoms with Gasteiger partial charge in [0, 0.05) is 16.7 Å². The number of nitrogens with one attached hydrogen (secondary N) is 2. The monoisotopic (exact) mass is 1130 g/mol. The zero-order chi connectivity index (χ0) is 56.3. The predicted octanol–water partition coefficient (Wildman–Crippen LogP) is 10.4. The molecule has 0 saturated carbocycles. The molecule has 3 N–H and O–H groups in total. The third-order valence-electron chi connectivity index (χ3n) is 13.3. The topological polar surface area (TPSA) is 203 Å². The number of oxime groups is 1. The van der Waals surface area contributed by atoms with Crippen LogP contribution in [0.1, 0.15) is 66.3 Å². The number of hydrogen-bond acceptors (Lipinski definition) is 13. The molecule has 3 unspecified atom stereocenters. The lowest BCUT2D eigenvalue weighted by Gasteiger charge is -2.51. The number of thiazole rings is 1. The first-order valence-corrected chi connectivity index (χ1v) is 27.1. The molecule has 15 nitrogen and oxygen atoms in total. The maximum absolute atomic E-state index is 15.4. The molecular formula is C58H49ClF3N5O10S2. The number of alkyl halides is 3. The molecule has 0 spiro atoms. The highest BCUT2D eigenvalue weighted by Crippen LogP contribution is 2.46. The van der Waals surface area contributed by atoms with Crippen LogP contribution in [0.15, 0.2) is 199 Å². The minimum absolute atomic E-state index is 0.0727. The molecule has 0 radical (unpaired) electrons. The molecule has 9 rings (SSSR count). The molecule has 3 atom stereocenters. The van der Waals surface area contributed by atoms with E-state index in [4.69, 9.17) is 26.2 Å². The van der Waals surface area contributed by atoms with E-state index in [-0.39, 0.29) is 15.2 Å². The lowest BCUT2D eigenvalue weighted by Crippen LogP contribution is -2.73. The highest BCUT2D eigenvalue weighted by Gasteiger charge is 2.59. The number of aromatic nitrogens is 1. The minimum Gasteiger partial charge on any atom is -0.476 e. The maximum Gasteiger partial charge on any atom is 0.534 e. The summed E-state index contributed by atoms with van der Waals surface area (Å²) in [6.07, 6.45) is -0.568. The van der Waals surface area contributed by atoms with Crippen molar-refractivity contribution in [3.63, 3.8) is 0 Å². The van der Waals surface area contributed by atoms with Gasteiger partial charge in [-0.05, 0) is 43.9 Å². The molecule has 7 aromatic rings. The van der Waals surface area contributed by atoms with E-state index in [0.29, 0.717) is 21.6 Å². The SMILES string of the molecule is CC(C)(C)C(=O)OCC1CC2C(NC(=O)C(=NOC(c3ccccc3)(c3ccccc3)c3ccccc3)c3nc(NC(c4ccccc4)(c4ccccc4)c4ccccc4)sc3Cl)C(=O)N2C(C(=O)O)=C1OS(=O)(=O)C(F)(F)F. The number of aliphatic carboxylic acids is 1. The molecule has 2 aliphatic rings. The van der Waals surface area contributed by atoms with E-state index in [1.54, 1.807) is 36.4 Å². The van der Waals surface area contributed by atoms with Gasteiger partial charge in [0.05, 0.1) is 17.4 Å². The molecule has 3 heterocycles. The number of anilines is 1. The Morgan fingerprint density at radius 3 is 1.57 bits per heavy atom. The minimum atomic E-state index is -6.54. The van der Waals surface area contributed by atoms with E-state index in [1.165, 1.54) is 20.8 Å². The number of esters is 1. The summed E-state index contributed by atoms with van der Waals surface area (Å²) < 4.78 is 76.2. The highest BCUT2D eigenvalue weighted by molar-refractivity contribution is 7.87. The highest BCUT2D eigenvalue weighted by atomic mass is 35.5. The van der Waals surface area contributed by atoms with E-state index in [2.05, 4.69) is 20.0 Å². The Balaban J connectivity index is 1.18. The van der Waals surface area contributed by atoms with Crippen LogP contribution in [-0.4, -0.2) is 77.1 Å². The number of β-lactam (4-membered cyclic amide) rings is 1. The number of fused-ring (bicyclic) bond motifs is 1. The van der Waals surface area contributed by atoms with Gasteiger partial charge in [-0.2, -0.15) is 21.6 Å². The summed E-state index contributed by atoms with van der Waals surface area (Å²) in [5.41, 5.74) is -7.87. The molecule has 1 aromatic heterocycles. The van der Waals surface area contributed by atoms with Crippen molar-refractivity contribution in [2.24, 2.45) is 16.5 Å². The summed E-state index contributed by atoms with van der Waals surface area (Å²) in [6.45, 7) is 3.55. The molecule has 0 aliphatic carbocycles. The van der Waals surface area contributed by atoms with Crippen molar-refractivity contribution in [3.05, 3.63) is 237 Å². The van der Waals surface area contributed by atoms with Crippen LogP contribution in [0, 0.1) is 11.3 Å². The van der Waals surface area contributed by atoms with Gasteiger partial charge in [0.25, 0.3) is 11.8 Å². The number of carboxylic acids is 1.